The van der Waals surface area contributed by atoms with E-state index in [2.05, 4.69) is 10.2 Å². The Balaban J connectivity index is 1.89. The molecular weight excluding hydrogens is 318 g/mol. The summed E-state index contributed by atoms with van der Waals surface area (Å²) in [5.41, 5.74) is 2.21. The highest BCUT2D eigenvalue weighted by atomic mass is 35.5. The number of hydrogen-bond donors (Lipinski definition) is 0. The molecule has 1 aromatic rings. The van der Waals surface area contributed by atoms with Crippen molar-refractivity contribution in [2.75, 3.05) is 13.6 Å². The molecule has 0 N–H and O–H groups in total. The summed E-state index contributed by atoms with van der Waals surface area (Å²) in [7, 11) is 3.38. The third-order valence-electron chi connectivity index (χ3n) is 4.50. The monoisotopic (exact) mass is 337 g/mol. The number of hydrazone groups is 1. The fraction of sp³-hybridized carbons (Fsp3) is 0.600. The van der Waals surface area contributed by atoms with Gasteiger partial charge in [-0.25, -0.2) is 5.01 Å². The van der Waals surface area contributed by atoms with Crippen molar-refractivity contribution in [3.63, 3.8) is 0 Å². The number of amides is 2. The van der Waals surface area contributed by atoms with E-state index in [0.29, 0.717) is 30.3 Å². The highest BCUT2D eigenvalue weighted by Crippen LogP contribution is 2.37. The summed E-state index contributed by atoms with van der Waals surface area (Å²) in [5.74, 6) is -0.170. The van der Waals surface area contributed by atoms with Crippen LogP contribution in [0.3, 0.4) is 0 Å². The molecule has 2 amide bonds. The van der Waals surface area contributed by atoms with Crippen molar-refractivity contribution in [2.45, 2.75) is 38.6 Å². The molecule has 0 aliphatic carbocycles. The zero-order valence-corrected chi connectivity index (χ0v) is 14.3. The van der Waals surface area contributed by atoms with E-state index in [-0.39, 0.29) is 17.9 Å². The van der Waals surface area contributed by atoms with Gasteiger partial charge in [-0.05, 0) is 19.8 Å². The molecule has 1 saturated heterocycles. The van der Waals surface area contributed by atoms with Crippen LogP contribution in [-0.2, 0) is 16.6 Å². The summed E-state index contributed by atoms with van der Waals surface area (Å²) in [5, 5.41) is 10.3. The van der Waals surface area contributed by atoms with Crippen LogP contribution in [0.4, 0.5) is 0 Å². The second-order valence-corrected chi connectivity index (χ2v) is 6.39. The van der Waals surface area contributed by atoms with Gasteiger partial charge in [-0.2, -0.15) is 10.2 Å². The molecule has 1 aromatic heterocycles. The lowest BCUT2D eigenvalue weighted by Gasteiger charge is -2.27. The Kier molecular flexibility index (Phi) is 4.14. The molecule has 0 spiro atoms. The van der Waals surface area contributed by atoms with E-state index in [9.17, 15) is 9.59 Å². The Bertz CT molecular complexity index is 696. The van der Waals surface area contributed by atoms with Gasteiger partial charge in [0.2, 0.25) is 5.91 Å². The molecule has 1 atom stereocenters. The Morgan fingerprint density at radius 2 is 2.04 bits per heavy atom. The van der Waals surface area contributed by atoms with E-state index >= 15 is 0 Å². The summed E-state index contributed by atoms with van der Waals surface area (Å²) < 4.78 is 1.64. The Hall–Kier alpha value is -1.89. The van der Waals surface area contributed by atoms with Gasteiger partial charge in [0.15, 0.2) is 0 Å². The van der Waals surface area contributed by atoms with Crippen LogP contribution >= 0.6 is 11.6 Å². The maximum absolute atomic E-state index is 12.9. The van der Waals surface area contributed by atoms with Crippen LogP contribution in [0.1, 0.15) is 43.0 Å². The zero-order valence-electron chi connectivity index (χ0n) is 13.5. The van der Waals surface area contributed by atoms with Crippen LogP contribution in [0.25, 0.3) is 0 Å². The van der Waals surface area contributed by atoms with Gasteiger partial charge < -0.3 is 4.90 Å². The second kappa shape index (κ2) is 5.96. The van der Waals surface area contributed by atoms with Crippen molar-refractivity contribution in [2.24, 2.45) is 12.1 Å². The first kappa shape index (κ1) is 16.0. The van der Waals surface area contributed by atoms with E-state index < -0.39 is 0 Å². The SMILES string of the molecule is Cc1nn(C)c(Cl)c1[C@H]1CCCN1C(=O)C1=NN(C)C(=O)CC1. The largest absolute Gasteiger partial charge is 0.330 e. The highest BCUT2D eigenvalue weighted by Gasteiger charge is 2.36. The molecule has 23 heavy (non-hydrogen) atoms. The van der Waals surface area contributed by atoms with Crippen molar-refractivity contribution >= 4 is 29.1 Å². The lowest BCUT2D eigenvalue weighted by Crippen LogP contribution is -2.40. The van der Waals surface area contributed by atoms with Crippen LogP contribution in [0.15, 0.2) is 5.10 Å². The number of rotatable bonds is 2. The van der Waals surface area contributed by atoms with Gasteiger partial charge >= 0.3 is 0 Å². The van der Waals surface area contributed by atoms with E-state index in [1.807, 2.05) is 11.8 Å². The number of hydrogen-bond acceptors (Lipinski definition) is 4. The van der Waals surface area contributed by atoms with Crippen molar-refractivity contribution in [3.05, 3.63) is 16.4 Å². The maximum Gasteiger partial charge on any atom is 0.270 e. The number of aryl methyl sites for hydroxylation is 2. The molecule has 7 nitrogen and oxygen atoms in total. The third kappa shape index (κ3) is 2.73. The molecule has 2 aliphatic heterocycles. The van der Waals surface area contributed by atoms with E-state index in [0.717, 1.165) is 24.1 Å². The molecule has 0 unspecified atom stereocenters. The molecule has 0 aromatic carbocycles. The minimum absolute atomic E-state index is 0.0642. The summed E-state index contributed by atoms with van der Waals surface area (Å²) >= 11 is 6.37. The average Bonchev–Trinajstić information content (AvgIpc) is 3.06. The standard InChI is InChI=1S/C15H20ClN5O2/c1-9-13(14(16)20(3)17-9)11-5-4-8-21(11)15(23)10-6-7-12(22)19(2)18-10/h11H,4-8H2,1-3H3/t11-/m1/s1. The lowest BCUT2D eigenvalue weighted by molar-refractivity contribution is -0.130. The van der Waals surface area contributed by atoms with Gasteiger partial charge in [0.05, 0.1) is 11.7 Å². The Morgan fingerprint density at radius 3 is 2.65 bits per heavy atom. The zero-order chi connectivity index (χ0) is 16.7. The van der Waals surface area contributed by atoms with Crippen molar-refractivity contribution in [1.29, 1.82) is 0 Å². The first-order valence-corrected chi connectivity index (χ1v) is 8.12. The lowest BCUT2D eigenvalue weighted by atomic mass is 10.0. The van der Waals surface area contributed by atoms with Crippen molar-refractivity contribution in [1.82, 2.24) is 19.7 Å². The summed E-state index contributed by atoms with van der Waals surface area (Å²) in [4.78, 5) is 26.2. The topological polar surface area (TPSA) is 70.8 Å². The summed E-state index contributed by atoms with van der Waals surface area (Å²) in [6.07, 6.45) is 2.50. The van der Waals surface area contributed by atoms with Gasteiger partial charge in [-0.3, -0.25) is 14.3 Å². The van der Waals surface area contributed by atoms with E-state index in [4.69, 9.17) is 11.6 Å². The summed E-state index contributed by atoms with van der Waals surface area (Å²) in [6.45, 7) is 2.58. The first-order chi connectivity index (χ1) is 10.9. The van der Waals surface area contributed by atoms with Gasteiger partial charge in [0.1, 0.15) is 10.9 Å². The van der Waals surface area contributed by atoms with Crippen LogP contribution in [0, 0.1) is 6.92 Å². The number of nitrogens with zero attached hydrogens (tertiary/aromatic N) is 5. The molecule has 3 heterocycles. The number of carbonyl (C=O) groups is 2. The van der Waals surface area contributed by atoms with Gasteiger partial charge in [0, 0.05) is 39.0 Å². The molecule has 3 rings (SSSR count). The van der Waals surface area contributed by atoms with Crippen LogP contribution < -0.4 is 0 Å². The molecular formula is C15H20ClN5O2. The molecule has 2 aliphatic rings. The molecule has 0 saturated carbocycles. The third-order valence-corrected chi connectivity index (χ3v) is 4.95. The van der Waals surface area contributed by atoms with Gasteiger partial charge in [0.25, 0.3) is 5.91 Å². The molecule has 1 fully saturated rings. The second-order valence-electron chi connectivity index (χ2n) is 6.03. The smallest absolute Gasteiger partial charge is 0.270 e. The van der Waals surface area contributed by atoms with Crippen molar-refractivity contribution < 1.29 is 9.59 Å². The molecule has 8 heteroatoms. The fourth-order valence-corrected chi connectivity index (χ4v) is 3.62. The van der Waals surface area contributed by atoms with Crippen molar-refractivity contribution in [3.8, 4) is 0 Å². The molecule has 0 radical (unpaired) electrons. The molecule has 0 bridgehead atoms. The minimum atomic E-state index is -0.105. The average molecular weight is 338 g/mol. The predicted octanol–water partition coefficient (Wildman–Crippen LogP) is 1.65. The number of aromatic nitrogens is 2. The van der Waals surface area contributed by atoms with Gasteiger partial charge in [-0.15, -0.1) is 0 Å². The maximum atomic E-state index is 12.9. The van der Waals surface area contributed by atoms with E-state index in [1.54, 1.807) is 18.8 Å². The minimum Gasteiger partial charge on any atom is -0.330 e. The van der Waals surface area contributed by atoms with Crippen LogP contribution in [0.2, 0.25) is 5.15 Å². The number of carbonyl (C=O) groups excluding carboxylic acids is 2. The quantitative estimate of drug-likeness (QED) is 0.824. The summed E-state index contributed by atoms with van der Waals surface area (Å²) in [6, 6.07) is -0.0747. The van der Waals surface area contributed by atoms with Crippen LogP contribution in [0.5, 0.6) is 0 Å². The first-order valence-electron chi connectivity index (χ1n) is 7.74. The molecule has 124 valence electrons. The Labute approximate surface area is 139 Å². The van der Waals surface area contributed by atoms with Crippen LogP contribution in [-0.4, -0.2) is 50.8 Å². The fourth-order valence-electron chi connectivity index (χ4n) is 3.32. The number of halogens is 1. The van der Waals surface area contributed by atoms with E-state index in [1.165, 1.54) is 5.01 Å². The predicted molar refractivity (Wildman–Crippen MR) is 86.1 cm³/mol. The van der Waals surface area contributed by atoms with Gasteiger partial charge in [-0.1, -0.05) is 11.6 Å². The normalized spacial score (nSPS) is 21.8. The number of likely N-dealkylation sites (tertiary alicyclic amines) is 1. The Morgan fingerprint density at radius 1 is 1.30 bits per heavy atom. The highest BCUT2D eigenvalue weighted by molar-refractivity contribution is 6.39.